The van der Waals surface area contributed by atoms with Gasteiger partial charge in [-0.1, -0.05) is 29.8 Å². The van der Waals surface area contributed by atoms with E-state index in [1.807, 2.05) is 18.2 Å². The van der Waals surface area contributed by atoms with Crippen molar-refractivity contribution in [1.29, 1.82) is 0 Å². The van der Waals surface area contributed by atoms with Crippen LogP contribution in [0, 0.1) is 10.1 Å². The summed E-state index contributed by atoms with van der Waals surface area (Å²) in [5.41, 5.74) is 6.36. The monoisotopic (exact) mass is 278 g/mol. The maximum Gasteiger partial charge on any atom is 0.271 e. The summed E-state index contributed by atoms with van der Waals surface area (Å²) in [5, 5.41) is 10.8. The predicted molar refractivity (Wildman–Crippen MR) is 72.5 cm³/mol. The van der Waals surface area contributed by atoms with E-state index in [0.29, 0.717) is 18.0 Å². The van der Waals surface area contributed by atoms with Gasteiger partial charge in [-0.05, 0) is 12.1 Å². The first-order chi connectivity index (χ1) is 9.11. The second kappa shape index (κ2) is 5.69. The molecule has 0 fully saturated rings. The van der Waals surface area contributed by atoms with Crippen molar-refractivity contribution in [3.63, 3.8) is 0 Å². The van der Waals surface area contributed by atoms with E-state index in [1.54, 1.807) is 6.07 Å². The summed E-state index contributed by atoms with van der Waals surface area (Å²) in [6.45, 7) is 0.334. The number of nitro groups is 1. The molecule has 5 nitrogen and oxygen atoms in total. The lowest BCUT2D eigenvalue weighted by Crippen LogP contribution is -1.99. The first kappa shape index (κ1) is 13.3. The molecule has 0 radical (unpaired) electrons. The minimum atomic E-state index is -0.510. The molecular weight excluding hydrogens is 268 g/mol. The highest BCUT2D eigenvalue weighted by atomic mass is 35.5. The largest absolute Gasteiger partial charge is 0.455 e. The lowest BCUT2D eigenvalue weighted by atomic mass is 10.2. The molecule has 6 heteroatoms. The molecule has 19 heavy (non-hydrogen) atoms. The molecule has 0 aliphatic heterocycles. The van der Waals surface area contributed by atoms with Crippen LogP contribution in [-0.2, 0) is 6.54 Å². The highest BCUT2D eigenvalue weighted by Gasteiger charge is 2.11. The molecule has 0 amide bonds. The van der Waals surface area contributed by atoms with E-state index >= 15 is 0 Å². The van der Waals surface area contributed by atoms with Crippen molar-refractivity contribution in [2.75, 3.05) is 0 Å². The van der Waals surface area contributed by atoms with E-state index < -0.39 is 4.92 Å². The molecule has 0 bridgehead atoms. The third-order valence-corrected chi connectivity index (χ3v) is 2.83. The van der Waals surface area contributed by atoms with Gasteiger partial charge in [0.15, 0.2) is 0 Å². The van der Waals surface area contributed by atoms with Gasteiger partial charge in [0.25, 0.3) is 5.69 Å². The average molecular weight is 279 g/mol. The van der Waals surface area contributed by atoms with Crippen LogP contribution < -0.4 is 10.5 Å². The van der Waals surface area contributed by atoms with Crippen molar-refractivity contribution >= 4 is 17.3 Å². The van der Waals surface area contributed by atoms with Gasteiger partial charge < -0.3 is 10.5 Å². The summed E-state index contributed by atoms with van der Waals surface area (Å²) in [5.74, 6) is 0.939. The van der Waals surface area contributed by atoms with Crippen LogP contribution in [0.15, 0.2) is 42.5 Å². The van der Waals surface area contributed by atoms with Gasteiger partial charge in [0, 0.05) is 24.2 Å². The number of non-ortho nitro benzene ring substituents is 1. The van der Waals surface area contributed by atoms with Gasteiger partial charge in [-0.2, -0.15) is 0 Å². The maximum absolute atomic E-state index is 10.6. The lowest BCUT2D eigenvalue weighted by Gasteiger charge is -2.10. The van der Waals surface area contributed by atoms with Crippen LogP contribution in [0.4, 0.5) is 5.69 Å². The first-order valence-corrected chi connectivity index (χ1v) is 5.89. The molecule has 98 valence electrons. The zero-order valence-electron chi connectivity index (χ0n) is 9.88. The van der Waals surface area contributed by atoms with Gasteiger partial charge in [-0.25, -0.2) is 0 Å². The Kier molecular flexibility index (Phi) is 3.99. The Balaban J connectivity index is 2.31. The smallest absolute Gasteiger partial charge is 0.271 e. The van der Waals surface area contributed by atoms with Crippen LogP contribution in [0.3, 0.4) is 0 Å². The predicted octanol–water partition coefficient (Wildman–Crippen LogP) is 3.50. The second-order valence-corrected chi connectivity index (χ2v) is 4.19. The number of nitrogens with two attached hydrogens (primary N) is 1. The quantitative estimate of drug-likeness (QED) is 0.686. The number of rotatable bonds is 4. The minimum Gasteiger partial charge on any atom is -0.455 e. The van der Waals surface area contributed by atoms with Gasteiger partial charge >= 0.3 is 0 Å². The summed E-state index contributed by atoms with van der Waals surface area (Å²) in [6.07, 6.45) is 0. The van der Waals surface area contributed by atoms with Gasteiger partial charge in [0.2, 0.25) is 0 Å². The zero-order chi connectivity index (χ0) is 13.8. The third kappa shape index (κ3) is 3.01. The Hall–Kier alpha value is -2.11. The SMILES string of the molecule is NCc1ccccc1Oc1ccc([N+](=O)[O-])cc1Cl. The molecule has 0 heterocycles. The lowest BCUT2D eigenvalue weighted by molar-refractivity contribution is -0.384. The van der Waals surface area contributed by atoms with Gasteiger partial charge in [-0.15, -0.1) is 0 Å². The molecule has 0 aliphatic rings. The average Bonchev–Trinajstić information content (AvgIpc) is 2.41. The molecular formula is C13H11ClN2O3. The van der Waals surface area contributed by atoms with Gasteiger partial charge in [0.1, 0.15) is 11.5 Å². The highest BCUT2D eigenvalue weighted by molar-refractivity contribution is 6.32. The van der Waals surface area contributed by atoms with Crippen molar-refractivity contribution in [2.24, 2.45) is 5.73 Å². The Morgan fingerprint density at radius 3 is 2.58 bits per heavy atom. The normalized spacial score (nSPS) is 10.2. The van der Waals surface area contributed by atoms with Crippen LogP contribution in [0.25, 0.3) is 0 Å². The first-order valence-electron chi connectivity index (χ1n) is 5.51. The number of nitrogens with zero attached hydrogens (tertiary/aromatic N) is 1. The van der Waals surface area contributed by atoms with E-state index in [4.69, 9.17) is 22.1 Å². The van der Waals surface area contributed by atoms with Crippen LogP contribution >= 0.6 is 11.6 Å². The molecule has 0 aliphatic carbocycles. The van der Waals surface area contributed by atoms with Gasteiger partial charge in [-0.3, -0.25) is 10.1 Å². The molecule has 0 spiro atoms. The molecule has 2 rings (SSSR count). The topological polar surface area (TPSA) is 78.4 Å². The summed E-state index contributed by atoms with van der Waals surface area (Å²) in [7, 11) is 0. The highest BCUT2D eigenvalue weighted by Crippen LogP contribution is 2.33. The number of ether oxygens (including phenoxy) is 1. The number of nitro benzene ring substituents is 1. The molecule has 0 saturated heterocycles. The van der Waals surface area contributed by atoms with Crippen molar-refractivity contribution < 1.29 is 9.66 Å². The molecule has 2 N–H and O–H groups in total. The van der Waals surface area contributed by atoms with E-state index in [1.165, 1.54) is 18.2 Å². The molecule has 0 atom stereocenters. The third-order valence-electron chi connectivity index (χ3n) is 2.54. The number of benzene rings is 2. The van der Waals surface area contributed by atoms with Crippen LogP contribution in [0.1, 0.15) is 5.56 Å². The fourth-order valence-electron chi connectivity index (χ4n) is 1.58. The van der Waals surface area contributed by atoms with Crippen molar-refractivity contribution in [3.8, 4) is 11.5 Å². The molecule has 2 aromatic rings. The summed E-state index contributed by atoms with van der Waals surface area (Å²) >= 11 is 5.96. The van der Waals surface area contributed by atoms with Crippen molar-refractivity contribution in [2.45, 2.75) is 6.54 Å². The van der Waals surface area contributed by atoms with Crippen LogP contribution in [0.5, 0.6) is 11.5 Å². The second-order valence-electron chi connectivity index (χ2n) is 3.79. The Morgan fingerprint density at radius 2 is 1.95 bits per heavy atom. The van der Waals surface area contributed by atoms with Crippen molar-refractivity contribution in [3.05, 3.63) is 63.2 Å². The van der Waals surface area contributed by atoms with Crippen LogP contribution in [-0.4, -0.2) is 4.92 Å². The number of hydrogen-bond donors (Lipinski definition) is 1. The van der Waals surface area contributed by atoms with E-state index in [2.05, 4.69) is 0 Å². The maximum atomic E-state index is 10.6. The fraction of sp³-hybridized carbons (Fsp3) is 0.0769. The molecule has 0 saturated carbocycles. The molecule has 0 unspecified atom stereocenters. The van der Waals surface area contributed by atoms with E-state index in [9.17, 15) is 10.1 Å². The summed E-state index contributed by atoms with van der Waals surface area (Å²) in [4.78, 5) is 10.1. The number of halogens is 1. The number of hydrogen-bond acceptors (Lipinski definition) is 4. The fourth-order valence-corrected chi connectivity index (χ4v) is 1.79. The molecule has 2 aromatic carbocycles. The van der Waals surface area contributed by atoms with Crippen molar-refractivity contribution in [1.82, 2.24) is 0 Å². The summed E-state index contributed by atoms with van der Waals surface area (Å²) < 4.78 is 5.63. The van der Waals surface area contributed by atoms with E-state index in [-0.39, 0.29) is 10.7 Å². The standard InChI is InChI=1S/C13H11ClN2O3/c14-11-7-10(16(17)18)5-6-13(11)19-12-4-2-1-3-9(12)8-15/h1-7H,8,15H2. The number of para-hydroxylation sites is 1. The van der Waals surface area contributed by atoms with E-state index in [0.717, 1.165) is 5.56 Å². The Labute approximate surface area is 114 Å². The molecule has 0 aromatic heterocycles. The zero-order valence-corrected chi connectivity index (χ0v) is 10.6. The Morgan fingerprint density at radius 1 is 1.21 bits per heavy atom. The summed E-state index contributed by atoms with van der Waals surface area (Å²) in [6, 6.07) is 11.3. The Bertz CT molecular complexity index is 617. The minimum absolute atomic E-state index is 0.0792. The van der Waals surface area contributed by atoms with Crippen LogP contribution in [0.2, 0.25) is 5.02 Å². The van der Waals surface area contributed by atoms with Gasteiger partial charge in [0.05, 0.1) is 9.95 Å².